The van der Waals surface area contributed by atoms with Crippen molar-refractivity contribution < 1.29 is 33.3 Å². The van der Waals surface area contributed by atoms with Crippen molar-refractivity contribution in [2.75, 3.05) is 32.8 Å². The molecule has 1 saturated heterocycles. The molecule has 0 aromatic heterocycles. The van der Waals surface area contributed by atoms with Gasteiger partial charge in [0.1, 0.15) is 30.5 Å². The van der Waals surface area contributed by atoms with E-state index in [4.69, 9.17) is 14.2 Å². The highest BCUT2D eigenvalue weighted by molar-refractivity contribution is 5.72. The van der Waals surface area contributed by atoms with E-state index in [1.807, 2.05) is 54.6 Å². The van der Waals surface area contributed by atoms with E-state index in [0.29, 0.717) is 38.3 Å². The number of likely N-dealkylation sites (tertiary alicyclic amines) is 1. The summed E-state index contributed by atoms with van der Waals surface area (Å²) in [7, 11) is 0. The van der Waals surface area contributed by atoms with E-state index in [9.17, 15) is 19.1 Å². The van der Waals surface area contributed by atoms with Gasteiger partial charge in [-0.3, -0.25) is 4.79 Å². The molecule has 2 N–H and O–H groups in total. The maximum absolute atomic E-state index is 13.9. The Labute approximate surface area is 233 Å². The fourth-order valence-corrected chi connectivity index (χ4v) is 4.79. The van der Waals surface area contributed by atoms with Crippen LogP contribution in [0.1, 0.15) is 36.0 Å². The molecule has 2 unspecified atom stereocenters. The van der Waals surface area contributed by atoms with E-state index in [-0.39, 0.29) is 37.7 Å². The number of halogens is 1. The maximum atomic E-state index is 13.9. The molecule has 212 valence electrons. The van der Waals surface area contributed by atoms with E-state index in [1.54, 1.807) is 6.07 Å². The van der Waals surface area contributed by atoms with Gasteiger partial charge in [0.25, 0.3) is 0 Å². The fraction of sp³-hybridized carbons (Fsp3) is 0.355. The minimum atomic E-state index is -0.975. The van der Waals surface area contributed by atoms with Gasteiger partial charge in [0.15, 0.2) is 0 Å². The summed E-state index contributed by atoms with van der Waals surface area (Å²) in [5, 5.41) is 12.3. The van der Waals surface area contributed by atoms with Gasteiger partial charge in [-0.1, -0.05) is 48.5 Å². The van der Waals surface area contributed by atoms with Gasteiger partial charge in [0.05, 0.1) is 19.3 Å². The molecule has 2 atom stereocenters. The molecule has 9 heteroatoms. The molecule has 0 radical (unpaired) electrons. The van der Waals surface area contributed by atoms with E-state index in [1.165, 1.54) is 24.0 Å². The standard InChI is InChI=1S/C31H35FN2O6/c1-22(35)33-15-13-25-7-10-26(32)19-29(25)38-17-18-39-30-20-34(31(36)37)16-14-28(30)24-8-11-27(12-9-24)40-21-23-5-3-2-4-6-23/h2-12,19,28,30H,13-18,20-21H2,1H3,(H,33,35)(H,36,37). The average Bonchev–Trinajstić information content (AvgIpc) is 2.96. The molecule has 1 aliphatic rings. The van der Waals surface area contributed by atoms with Crippen molar-refractivity contribution in [2.24, 2.45) is 0 Å². The minimum absolute atomic E-state index is 0.00107. The molecule has 4 rings (SSSR count). The number of hydrogen-bond acceptors (Lipinski definition) is 5. The lowest BCUT2D eigenvalue weighted by Crippen LogP contribution is -2.46. The number of amides is 2. The number of carbonyl (C=O) groups is 2. The number of nitrogens with zero attached hydrogens (tertiary/aromatic N) is 1. The molecule has 8 nitrogen and oxygen atoms in total. The highest BCUT2D eigenvalue weighted by atomic mass is 19.1. The lowest BCUT2D eigenvalue weighted by molar-refractivity contribution is -0.118. The summed E-state index contributed by atoms with van der Waals surface area (Å²) < 4.78 is 31.8. The number of piperidine rings is 1. The van der Waals surface area contributed by atoms with Crippen LogP contribution in [0.25, 0.3) is 0 Å². The number of nitrogens with one attached hydrogen (secondary N) is 1. The van der Waals surface area contributed by atoms with Crippen LogP contribution in [-0.4, -0.2) is 61.0 Å². The first-order chi connectivity index (χ1) is 19.4. The van der Waals surface area contributed by atoms with Crippen molar-refractivity contribution in [2.45, 2.75) is 38.4 Å². The fourth-order valence-electron chi connectivity index (χ4n) is 4.79. The van der Waals surface area contributed by atoms with Gasteiger partial charge in [-0.15, -0.1) is 0 Å². The van der Waals surface area contributed by atoms with E-state index >= 15 is 0 Å². The summed E-state index contributed by atoms with van der Waals surface area (Å²) in [5.41, 5.74) is 2.91. The van der Waals surface area contributed by atoms with Crippen LogP contribution < -0.4 is 14.8 Å². The van der Waals surface area contributed by atoms with E-state index in [0.717, 1.165) is 22.4 Å². The Morgan fingerprint density at radius 3 is 2.52 bits per heavy atom. The third-order valence-electron chi connectivity index (χ3n) is 6.86. The van der Waals surface area contributed by atoms with Crippen molar-refractivity contribution in [3.63, 3.8) is 0 Å². The predicted molar refractivity (Wildman–Crippen MR) is 148 cm³/mol. The summed E-state index contributed by atoms with van der Waals surface area (Å²) >= 11 is 0. The Hall–Kier alpha value is -4.11. The molecular weight excluding hydrogens is 515 g/mol. The third-order valence-corrected chi connectivity index (χ3v) is 6.86. The van der Waals surface area contributed by atoms with Crippen LogP contribution in [0.4, 0.5) is 9.18 Å². The van der Waals surface area contributed by atoms with Gasteiger partial charge in [-0.2, -0.15) is 0 Å². The SMILES string of the molecule is CC(=O)NCCc1ccc(F)cc1OCCOC1CN(C(=O)O)CCC1c1ccc(OCc2ccccc2)cc1. The molecule has 40 heavy (non-hydrogen) atoms. The number of carboxylic acid groups (broad SMARTS) is 1. The molecule has 3 aromatic carbocycles. The average molecular weight is 551 g/mol. The first-order valence-corrected chi connectivity index (χ1v) is 13.4. The first-order valence-electron chi connectivity index (χ1n) is 13.4. The highest BCUT2D eigenvalue weighted by Crippen LogP contribution is 2.32. The molecule has 0 aliphatic carbocycles. The quantitative estimate of drug-likeness (QED) is 0.308. The van der Waals surface area contributed by atoms with Crippen LogP contribution in [0.5, 0.6) is 11.5 Å². The number of benzene rings is 3. The molecule has 3 aromatic rings. The van der Waals surface area contributed by atoms with Crippen LogP contribution in [0, 0.1) is 5.82 Å². The second-order valence-electron chi connectivity index (χ2n) is 9.71. The van der Waals surface area contributed by atoms with Gasteiger partial charge < -0.3 is 29.5 Å². The lowest BCUT2D eigenvalue weighted by atomic mass is 9.87. The zero-order valence-electron chi connectivity index (χ0n) is 22.6. The molecule has 1 fully saturated rings. The van der Waals surface area contributed by atoms with Gasteiger partial charge in [0.2, 0.25) is 5.91 Å². The second kappa shape index (κ2) is 14.3. The van der Waals surface area contributed by atoms with Gasteiger partial charge in [0, 0.05) is 32.0 Å². The van der Waals surface area contributed by atoms with Crippen LogP contribution >= 0.6 is 0 Å². The number of rotatable bonds is 12. The summed E-state index contributed by atoms with van der Waals surface area (Å²) in [6.07, 6.45) is -0.216. The van der Waals surface area contributed by atoms with Gasteiger partial charge >= 0.3 is 6.09 Å². The topological polar surface area (TPSA) is 97.3 Å². The summed E-state index contributed by atoms with van der Waals surface area (Å²) in [5.74, 6) is 0.601. The van der Waals surface area contributed by atoms with Crippen molar-refractivity contribution in [3.05, 3.63) is 95.3 Å². The normalized spacial score (nSPS) is 16.8. The Morgan fingerprint density at radius 1 is 1.02 bits per heavy atom. The molecule has 0 spiro atoms. The van der Waals surface area contributed by atoms with Gasteiger partial charge in [-0.05, 0) is 47.7 Å². The van der Waals surface area contributed by atoms with Crippen LogP contribution in [0.2, 0.25) is 0 Å². The van der Waals surface area contributed by atoms with Crippen molar-refractivity contribution >= 4 is 12.0 Å². The largest absolute Gasteiger partial charge is 0.491 e. The molecule has 1 aliphatic heterocycles. The van der Waals surface area contributed by atoms with E-state index in [2.05, 4.69) is 5.32 Å². The minimum Gasteiger partial charge on any atom is -0.491 e. The predicted octanol–water partition coefficient (Wildman–Crippen LogP) is 5.01. The zero-order chi connectivity index (χ0) is 28.3. The highest BCUT2D eigenvalue weighted by Gasteiger charge is 2.33. The Morgan fingerprint density at radius 2 is 1.80 bits per heavy atom. The lowest BCUT2D eigenvalue weighted by Gasteiger charge is -2.37. The van der Waals surface area contributed by atoms with Gasteiger partial charge in [-0.25, -0.2) is 9.18 Å². The van der Waals surface area contributed by atoms with E-state index < -0.39 is 11.9 Å². The molecule has 0 saturated carbocycles. The molecule has 2 amide bonds. The first kappa shape index (κ1) is 28.9. The second-order valence-corrected chi connectivity index (χ2v) is 9.71. The van der Waals surface area contributed by atoms with Crippen molar-refractivity contribution in [3.8, 4) is 11.5 Å². The zero-order valence-corrected chi connectivity index (χ0v) is 22.6. The molecule has 1 heterocycles. The maximum Gasteiger partial charge on any atom is 0.407 e. The van der Waals surface area contributed by atoms with Crippen LogP contribution in [-0.2, 0) is 22.6 Å². The number of ether oxygens (including phenoxy) is 3. The molecular formula is C31H35FN2O6. The summed E-state index contributed by atoms with van der Waals surface area (Å²) in [6.45, 7) is 3.37. The monoisotopic (exact) mass is 550 g/mol. The van der Waals surface area contributed by atoms with Crippen LogP contribution in [0.15, 0.2) is 72.8 Å². The Balaban J connectivity index is 1.35. The van der Waals surface area contributed by atoms with Crippen molar-refractivity contribution in [1.29, 1.82) is 0 Å². The number of carbonyl (C=O) groups excluding carboxylic acids is 1. The smallest absolute Gasteiger partial charge is 0.407 e. The summed E-state index contributed by atoms with van der Waals surface area (Å²) in [6, 6.07) is 22.1. The third kappa shape index (κ3) is 8.44. The summed E-state index contributed by atoms with van der Waals surface area (Å²) in [4.78, 5) is 24.2. The van der Waals surface area contributed by atoms with Crippen LogP contribution in [0.3, 0.4) is 0 Å². The van der Waals surface area contributed by atoms with Crippen molar-refractivity contribution in [1.82, 2.24) is 10.2 Å². The Bertz CT molecular complexity index is 1250. The Kier molecular flexibility index (Phi) is 10.3. The number of hydrogen-bond donors (Lipinski definition) is 2. The molecule has 0 bridgehead atoms.